The van der Waals surface area contributed by atoms with Crippen LogP contribution in [0.5, 0.6) is 0 Å². The molecule has 3 nitrogen and oxygen atoms in total. The molecule has 90 valence electrons. The van der Waals surface area contributed by atoms with Crippen LogP contribution in [-0.4, -0.2) is 19.6 Å². The van der Waals surface area contributed by atoms with Crippen molar-refractivity contribution in [1.29, 1.82) is 5.26 Å². The lowest BCUT2D eigenvalue weighted by molar-refractivity contribution is 0.697. The van der Waals surface area contributed by atoms with Gasteiger partial charge in [0.1, 0.15) is 0 Å². The summed E-state index contributed by atoms with van der Waals surface area (Å²) in [5.74, 6) is 0. The van der Waals surface area contributed by atoms with E-state index in [-0.39, 0.29) is 0 Å². The van der Waals surface area contributed by atoms with Gasteiger partial charge in [-0.25, -0.2) is 0 Å². The van der Waals surface area contributed by atoms with Crippen molar-refractivity contribution in [3.63, 3.8) is 0 Å². The van der Waals surface area contributed by atoms with Crippen LogP contribution in [0.1, 0.15) is 24.8 Å². The van der Waals surface area contributed by atoms with Crippen molar-refractivity contribution < 1.29 is 0 Å². The largest absolute Gasteiger partial charge is 0.371 e. The molecule has 1 fully saturated rings. The van der Waals surface area contributed by atoms with E-state index in [1.807, 2.05) is 0 Å². The first-order valence-electron chi connectivity index (χ1n) is 6.32. The van der Waals surface area contributed by atoms with E-state index >= 15 is 0 Å². The van der Waals surface area contributed by atoms with Gasteiger partial charge in [0, 0.05) is 38.3 Å². The molecule has 0 amide bonds. The van der Waals surface area contributed by atoms with Crippen LogP contribution in [0.25, 0.3) is 0 Å². The Morgan fingerprint density at radius 3 is 2.76 bits per heavy atom. The summed E-state index contributed by atoms with van der Waals surface area (Å²) < 4.78 is 0. The van der Waals surface area contributed by atoms with Gasteiger partial charge in [-0.3, -0.25) is 0 Å². The summed E-state index contributed by atoms with van der Waals surface area (Å²) in [6, 6.07) is 10.7. The van der Waals surface area contributed by atoms with Crippen LogP contribution in [-0.2, 0) is 6.54 Å². The average molecular weight is 229 g/mol. The summed E-state index contributed by atoms with van der Waals surface area (Å²) in [7, 11) is 0. The molecule has 0 radical (unpaired) electrons. The van der Waals surface area contributed by atoms with Gasteiger partial charge in [-0.15, -0.1) is 0 Å². The Morgan fingerprint density at radius 2 is 2.00 bits per heavy atom. The second kappa shape index (κ2) is 6.27. The molecule has 0 aromatic heterocycles. The van der Waals surface area contributed by atoms with Crippen LogP contribution in [0.3, 0.4) is 0 Å². The lowest BCUT2D eigenvalue weighted by Crippen LogP contribution is -2.22. The molecule has 17 heavy (non-hydrogen) atoms. The minimum atomic E-state index is 0.575. The number of hydrogen-bond acceptors (Lipinski definition) is 3. The SMILES string of the molecule is N#CCCNCc1ccccc1N1CCCC1. The number of nitrogens with one attached hydrogen (secondary N) is 1. The van der Waals surface area contributed by atoms with E-state index in [1.54, 1.807) is 0 Å². The Labute approximate surface area is 103 Å². The molecule has 0 aliphatic carbocycles. The molecular weight excluding hydrogens is 210 g/mol. The lowest BCUT2D eigenvalue weighted by Gasteiger charge is -2.21. The third kappa shape index (κ3) is 3.21. The second-order valence-electron chi connectivity index (χ2n) is 4.41. The Kier molecular flexibility index (Phi) is 4.40. The van der Waals surface area contributed by atoms with Crippen molar-refractivity contribution in [1.82, 2.24) is 5.32 Å². The Hall–Kier alpha value is -1.53. The molecule has 1 aromatic carbocycles. The molecule has 0 unspecified atom stereocenters. The van der Waals surface area contributed by atoms with Crippen molar-refractivity contribution >= 4 is 5.69 Å². The number of nitriles is 1. The molecule has 0 atom stereocenters. The Balaban J connectivity index is 1.98. The van der Waals surface area contributed by atoms with Gasteiger partial charge in [-0.05, 0) is 24.5 Å². The Morgan fingerprint density at radius 1 is 1.24 bits per heavy atom. The van der Waals surface area contributed by atoms with Gasteiger partial charge in [0.2, 0.25) is 0 Å². The smallest absolute Gasteiger partial charge is 0.0635 e. The van der Waals surface area contributed by atoms with Crippen LogP contribution in [0.15, 0.2) is 24.3 Å². The molecule has 1 aliphatic heterocycles. The summed E-state index contributed by atoms with van der Waals surface area (Å²) in [6.45, 7) is 3.98. The minimum absolute atomic E-state index is 0.575. The number of anilines is 1. The van der Waals surface area contributed by atoms with E-state index in [1.165, 1.54) is 37.2 Å². The van der Waals surface area contributed by atoms with Crippen LogP contribution >= 0.6 is 0 Å². The number of para-hydroxylation sites is 1. The maximum absolute atomic E-state index is 8.49. The van der Waals surface area contributed by atoms with Crippen LogP contribution in [0, 0.1) is 11.3 Å². The first kappa shape index (κ1) is 11.9. The van der Waals surface area contributed by atoms with Gasteiger partial charge >= 0.3 is 0 Å². The van der Waals surface area contributed by atoms with Crippen molar-refractivity contribution in [3.8, 4) is 6.07 Å². The van der Waals surface area contributed by atoms with E-state index < -0.39 is 0 Å². The highest BCUT2D eigenvalue weighted by Crippen LogP contribution is 2.24. The van der Waals surface area contributed by atoms with Crippen LogP contribution in [0.4, 0.5) is 5.69 Å². The molecular formula is C14H19N3. The fourth-order valence-electron chi connectivity index (χ4n) is 2.29. The average Bonchev–Trinajstić information content (AvgIpc) is 2.89. The van der Waals surface area contributed by atoms with Crippen molar-refractivity contribution in [2.75, 3.05) is 24.5 Å². The number of hydrogen-bond donors (Lipinski definition) is 1. The number of rotatable bonds is 5. The molecule has 1 aliphatic rings. The predicted molar refractivity (Wildman–Crippen MR) is 69.8 cm³/mol. The molecule has 1 aromatic rings. The monoisotopic (exact) mass is 229 g/mol. The zero-order valence-corrected chi connectivity index (χ0v) is 10.2. The quantitative estimate of drug-likeness (QED) is 0.787. The zero-order chi connectivity index (χ0) is 11.9. The van der Waals surface area contributed by atoms with Crippen molar-refractivity contribution in [2.45, 2.75) is 25.8 Å². The number of benzene rings is 1. The van der Waals surface area contributed by atoms with E-state index in [0.717, 1.165) is 13.1 Å². The van der Waals surface area contributed by atoms with Gasteiger partial charge in [0.25, 0.3) is 0 Å². The van der Waals surface area contributed by atoms with E-state index in [4.69, 9.17) is 5.26 Å². The van der Waals surface area contributed by atoms with E-state index in [0.29, 0.717) is 6.42 Å². The summed E-state index contributed by atoms with van der Waals surface area (Å²) in [4.78, 5) is 2.46. The summed E-state index contributed by atoms with van der Waals surface area (Å²) in [6.07, 6.45) is 3.18. The maximum Gasteiger partial charge on any atom is 0.0635 e. The van der Waals surface area contributed by atoms with E-state index in [2.05, 4.69) is 40.6 Å². The summed E-state index contributed by atoms with van der Waals surface area (Å²) >= 11 is 0. The van der Waals surface area contributed by atoms with Gasteiger partial charge in [0.05, 0.1) is 6.07 Å². The standard InChI is InChI=1S/C14H19N3/c15-8-5-9-16-12-13-6-1-2-7-14(13)17-10-3-4-11-17/h1-2,6-7,16H,3-5,9-12H2. The highest BCUT2D eigenvalue weighted by molar-refractivity contribution is 5.54. The van der Waals surface area contributed by atoms with Crippen LogP contribution in [0.2, 0.25) is 0 Å². The molecule has 1 saturated heterocycles. The molecule has 0 bridgehead atoms. The summed E-state index contributed by atoms with van der Waals surface area (Å²) in [5.41, 5.74) is 2.70. The number of nitrogens with zero attached hydrogens (tertiary/aromatic N) is 2. The Bertz CT molecular complexity index is 389. The predicted octanol–water partition coefficient (Wildman–Crippen LogP) is 2.29. The maximum atomic E-state index is 8.49. The fraction of sp³-hybridized carbons (Fsp3) is 0.500. The lowest BCUT2D eigenvalue weighted by atomic mass is 10.1. The first-order chi connectivity index (χ1) is 8.42. The van der Waals surface area contributed by atoms with Crippen LogP contribution < -0.4 is 10.2 Å². The molecule has 1 heterocycles. The van der Waals surface area contributed by atoms with Crippen molar-refractivity contribution in [3.05, 3.63) is 29.8 Å². The van der Waals surface area contributed by atoms with Gasteiger partial charge < -0.3 is 10.2 Å². The zero-order valence-electron chi connectivity index (χ0n) is 10.2. The normalized spacial score (nSPS) is 14.9. The fourth-order valence-corrected chi connectivity index (χ4v) is 2.29. The highest BCUT2D eigenvalue weighted by atomic mass is 15.1. The van der Waals surface area contributed by atoms with Crippen molar-refractivity contribution in [2.24, 2.45) is 0 Å². The van der Waals surface area contributed by atoms with Gasteiger partial charge in [-0.2, -0.15) is 5.26 Å². The molecule has 3 heteroatoms. The molecule has 1 N–H and O–H groups in total. The minimum Gasteiger partial charge on any atom is -0.371 e. The first-order valence-corrected chi connectivity index (χ1v) is 6.32. The highest BCUT2D eigenvalue weighted by Gasteiger charge is 2.14. The van der Waals surface area contributed by atoms with Gasteiger partial charge in [-0.1, -0.05) is 18.2 Å². The molecule has 0 saturated carbocycles. The van der Waals surface area contributed by atoms with E-state index in [9.17, 15) is 0 Å². The topological polar surface area (TPSA) is 39.1 Å². The van der Waals surface area contributed by atoms with Gasteiger partial charge in [0.15, 0.2) is 0 Å². The second-order valence-corrected chi connectivity index (χ2v) is 4.41. The third-order valence-electron chi connectivity index (χ3n) is 3.17. The molecule has 0 spiro atoms. The molecule has 2 rings (SSSR count). The summed E-state index contributed by atoms with van der Waals surface area (Å²) in [5, 5.41) is 11.8. The third-order valence-corrected chi connectivity index (χ3v) is 3.17.